The minimum atomic E-state index is -3.18. The maximum absolute atomic E-state index is 12.0. The van der Waals surface area contributed by atoms with Crippen LogP contribution in [0.15, 0.2) is 24.3 Å². The summed E-state index contributed by atoms with van der Waals surface area (Å²) >= 11 is 0. The molecule has 1 heterocycles. The summed E-state index contributed by atoms with van der Waals surface area (Å²) in [5.74, 6) is -0.0244. The van der Waals surface area contributed by atoms with E-state index in [1.54, 1.807) is 0 Å². The first-order valence-corrected chi connectivity index (χ1v) is 9.51. The Morgan fingerprint density at radius 3 is 2.77 bits per heavy atom. The van der Waals surface area contributed by atoms with Crippen LogP contribution in [0.1, 0.15) is 30.4 Å². The van der Waals surface area contributed by atoms with Crippen LogP contribution in [0.3, 0.4) is 0 Å². The van der Waals surface area contributed by atoms with Gasteiger partial charge in [0, 0.05) is 25.6 Å². The number of amides is 1. The highest BCUT2D eigenvalue weighted by molar-refractivity contribution is 7.88. The van der Waals surface area contributed by atoms with Gasteiger partial charge in [-0.15, -0.1) is 0 Å². The molecule has 122 valence electrons. The number of aryl methyl sites for hydroxylation is 2. The number of carbonyl (C=O) groups is 1. The summed E-state index contributed by atoms with van der Waals surface area (Å²) in [5.41, 5.74) is 2.37. The summed E-state index contributed by atoms with van der Waals surface area (Å²) in [6.45, 7) is 3.00. The minimum Gasteiger partial charge on any atom is -0.354 e. The lowest BCUT2D eigenvalue weighted by molar-refractivity contribution is -0.121. The molecular weight excluding hydrogens is 300 g/mol. The van der Waals surface area contributed by atoms with Crippen LogP contribution in [-0.2, 0) is 21.2 Å². The molecule has 1 aliphatic rings. The van der Waals surface area contributed by atoms with Crippen LogP contribution < -0.4 is 5.32 Å². The number of sulfonamides is 1. The van der Waals surface area contributed by atoms with Crippen molar-refractivity contribution in [1.29, 1.82) is 0 Å². The normalized spacial score (nSPS) is 19.3. The average Bonchev–Trinajstić information content (AvgIpc) is 2.93. The number of hydrogen-bond donors (Lipinski definition) is 1. The predicted octanol–water partition coefficient (Wildman–Crippen LogP) is 1.47. The van der Waals surface area contributed by atoms with E-state index in [-0.39, 0.29) is 11.9 Å². The van der Waals surface area contributed by atoms with Crippen LogP contribution in [-0.4, -0.2) is 44.0 Å². The van der Waals surface area contributed by atoms with Gasteiger partial charge in [0.05, 0.1) is 6.26 Å². The fourth-order valence-corrected chi connectivity index (χ4v) is 4.09. The van der Waals surface area contributed by atoms with Gasteiger partial charge in [0.15, 0.2) is 0 Å². The molecule has 1 aromatic rings. The maximum atomic E-state index is 12.0. The van der Waals surface area contributed by atoms with Crippen molar-refractivity contribution >= 4 is 15.9 Å². The molecule has 2 rings (SSSR count). The molecule has 1 fully saturated rings. The zero-order valence-corrected chi connectivity index (χ0v) is 14.0. The van der Waals surface area contributed by atoms with E-state index in [9.17, 15) is 13.2 Å². The van der Waals surface area contributed by atoms with Crippen molar-refractivity contribution in [2.75, 3.05) is 19.3 Å². The Morgan fingerprint density at radius 1 is 1.36 bits per heavy atom. The summed E-state index contributed by atoms with van der Waals surface area (Å²) in [7, 11) is -3.18. The van der Waals surface area contributed by atoms with Gasteiger partial charge < -0.3 is 5.32 Å². The molecule has 1 unspecified atom stereocenters. The van der Waals surface area contributed by atoms with E-state index in [0.717, 1.165) is 12.8 Å². The van der Waals surface area contributed by atoms with E-state index in [0.29, 0.717) is 25.9 Å². The molecule has 0 bridgehead atoms. The van der Waals surface area contributed by atoms with Gasteiger partial charge in [-0.2, -0.15) is 4.31 Å². The van der Waals surface area contributed by atoms with Crippen molar-refractivity contribution in [1.82, 2.24) is 9.62 Å². The van der Waals surface area contributed by atoms with Gasteiger partial charge in [-0.25, -0.2) is 8.42 Å². The summed E-state index contributed by atoms with van der Waals surface area (Å²) in [5, 5.41) is 2.87. The fraction of sp³-hybridized carbons (Fsp3) is 0.562. The molecular formula is C16H24N2O3S. The summed E-state index contributed by atoms with van der Waals surface area (Å²) in [6, 6.07) is 7.93. The molecule has 1 amide bonds. The molecule has 1 aliphatic heterocycles. The van der Waals surface area contributed by atoms with Crippen LogP contribution in [0.2, 0.25) is 0 Å². The highest BCUT2D eigenvalue weighted by Crippen LogP contribution is 2.19. The third-order valence-corrected chi connectivity index (χ3v) is 5.50. The van der Waals surface area contributed by atoms with Gasteiger partial charge >= 0.3 is 0 Å². The van der Waals surface area contributed by atoms with Crippen LogP contribution >= 0.6 is 0 Å². The van der Waals surface area contributed by atoms with Crippen molar-refractivity contribution < 1.29 is 13.2 Å². The number of nitrogens with zero attached hydrogens (tertiary/aromatic N) is 1. The van der Waals surface area contributed by atoms with Gasteiger partial charge in [0.1, 0.15) is 0 Å². The first-order chi connectivity index (χ1) is 10.4. The van der Waals surface area contributed by atoms with Crippen molar-refractivity contribution in [2.45, 2.75) is 38.6 Å². The lowest BCUT2D eigenvalue weighted by Crippen LogP contribution is -2.42. The number of hydrogen-bond acceptors (Lipinski definition) is 3. The van der Waals surface area contributed by atoms with Crippen LogP contribution in [0, 0.1) is 6.92 Å². The molecule has 1 aromatic carbocycles. The number of rotatable bonds is 6. The smallest absolute Gasteiger partial charge is 0.220 e. The zero-order chi connectivity index (χ0) is 16.2. The lowest BCUT2D eigenvalue weighted by atomic mass is 10.0. The topological polar surface area (TPSA) is 66.5 Å². The highest BCUT2D eigenvalue weighted by atomic mass is 32.2. The summed E-state index contributed by atoms with van der Waals surface area (Å²) in [6.07, 6.45) is 4.03. The summed E-state index contributed by atoms with van der Waals surface area (Å²) < 4.78 is 24.8. The van der Waals surface area contributed by atoms with E-state index in [4.69, 9.17) is 0 Å². The van der Waals surface area contributed by atoms with Crippen molar-refractivity contribution in [3.05, 3.63) is 35.4 Å². The van der Waals surface area contributed by atoms with Gasteiger partial charge in [-0.05, 0) is 37.3 Å². The first-order valence-electron chi connectivity index (χ1n) is 7.66. The van der Waals surface area contributed by atoms with Crippen LogP contribution in [0.5, 0.6) is 0 Å². The third-order valence-electron chi connectivity index (χ3n) is 4.17. The molecule has 0 radical (unpaired) electrons. The molecule has 0 aliphatic carbocycles. The first kappa shape index (κ1) is 17.0. The number of carbonyl (C=O) groups excluding carboxylic acids is 1. The molecule has 22 heavy (non-hydrogen) atoms. The Hall–Kier alpha value is -1.40. The molecule has 1 saturated heterocycles. The number of benzene rings is 1. The Kier molecular flexibility index (Phi) is 5.58. The zero-order valence-electron chi connectivity index (χ0n) is 13.2. The van der Waals surface area contributed by atoms with Gasteiger partial charge in [0.2, 0.25) is 15.9 Å². The highest BCUT2D eigenvalue weighted by Gasteiger charge is 2.31. The predicted molar refractivity (Wildman–Crippen MR) is 87.1 cm³/mol. The number of nitrogens with one attached hydrogen (secondary N) is 1. The molecule has 1 N–H and O–H groups in total. The molecule has 1 atom stereocenters. The van der Waals surface area contributed by atoms with E-state index in [1.807, 2.05) is 31.2 Å². The average molecular weight is 324 g/mol. The quantitative estimate of drug-likeness (QED) is 0.862. The molecule has 6 heteroatoms. The van der Waals surface area contributed by atoms with Crippen LogP contribution in [0.4, 0.5) is 0 Å². The minimum absolute atomic E-state index is 0.0244. The van der Waals surface area contributed by atoms with E-state index in [1.165, 1.54) is 21.7 Å². The molecule has 0 saturated carbocycles. The van der Waals surface area contributed by atoms with Gasteiger partial charge in [0.25, 0.3) is 0 Å². The van der Waals surface area contributed by atoms with Gasteiger partial charge in [-0.1, -0.05) is 24.3 Å². The monoisotopic (exact) mass is 324 g/mol. The SMILES string of the molecule is Cc1ccccc1CCC(=O)NCC1CCCN1S(C)(=O)=O. The van der Waals surface area contributed by atoms with Crippen LogP contribution in [0.25, 0.3) is 0 Å². The Bertz CT molecular complexity index is 628. The summed E-state index contributed by atoms with van der Waals surface area (Å²) in [4.78, 5) is 12.0. The Labute approximate surface area is 132 Å². The van der Waals surface area contributed by atoms with E-state index >= 15 is 0 Å². The second kappa shape index (κ2) is 7.24. The Balaban J connectivity index is 1.80. The largest absolute Gasteiger partial charge is 0.354 e. The van der Waals surface area contributed by atoms with Crippen molar-refractivity contribution in [3.63, 3.8) is 0 Å². The lowest BCUT2D eigenvalue weighted by Gasteiger charge is -2.22. The Morgan fingerprint density at radius 2 is 2.09 bits per heavy atom. The maximum Gasteiger partial charge on any atom is 0.220 e. The van der Waals surface area contributed by atoms with Gasteiger partial charge in [-0.3, -0.25) is 4.79 Å². The van der Waals surface area contributed by atoms with Crippen molar-refractivity contribution in [3.8, 4) is 0 Å². The third kappa shape index (κ3) is 4.55. The standard InChI is InChI=1S/C16H24N2O3S/c1-13-6-3-4-7-14(13)9-10-16(19)17-12-15-8-5-11-18(15)22(2,20)21/h3-4,6-7,15H,5,8-12H2,1-2H3,(H,17,19). The van der Waals surface area contributed by atoms with E-state index in [2.05, 4.69) is 5.32 Å². The second-order valence-electron chi connectivity index (χ2n) is 5.90. The van der Waals surface area contributed by atoms with Crippen molar-refractivity contribution in [2.24, 2.45) is 0 Å². The second-order valence-corrected chi connectivity index (χ2v) is 7.84. The fourth-order valence-electron chi connectivity index (χ4n) is 2.91. The molecule has 0 spiro atoms. The molecule has 5 nitrogen and oxygen atoms in total. The van der Waals surface area contributed by atoms with E-state index < -0.39 is 10.0 Å². The molecule has 0 aromatic heterocycles.